The Morgan fingerprint density at radius 2 is 1.77 bits per heavy atom. The molecule has 30 heavy (non-hydrogen) atoms. The number of hydrogen-bond acceptors (Lipinski definition) is 8. The van der Waals surface area contributed by atoms with E-state index in [1.807, 2.05) is 54.6 Å². The average molecular weight is 456 g/mol. The monoisotopic (exact) mass is 455 g/mol. The maximum atomic E-state index is 12.4. The van der Waals surface area contributed by atoms with Crippen molar-refractivity contribution >= 4 is 61.6 Å². The molecular formula is C20H17N5O2S3. The summed E-state index contributed by atoms with van der Waals surface area (Å²) < 4.78 is 1.57. The van der Waals surface area contributed by atoms with Crippen molar-refractivity contribution in [2.45, 2.75) is 10.8 Å². The minimum atomic E-state index is -0.317. The number of anilines is 1. The summed E-state index contributed by atoms with van der Waals surface area (Å²) in [6, 6.07) is 17.6. The Balaban J connectivity index is 1.23. The topological polar surface area (TPSA) is 96.9 Å². The second kappa shape index (κ2) is 9.79. The first-order valence-corrected chi connectivity index (χ1v) is 11.7. The van der Waals surface area contributed by atoms with E-state index in [2.05, 4.69) is 25.8 Å². The quantitative estimate of drug-likeness (QED) is 0.309. The van der Waals surface area contributed by atoms with Crippen molar-refractivity contribution in [1.82, 2.24) is 20.5 Å². The first kappa shape index (κ1) is 20.5. The molecule has 2 aromatic heterocycles. The number of rotatable bonds is 8. The molecule has 2 aromatic carbocycles. The van der Waals surface area contributed by atoms with E-state index in [1.54, 1.807) is 0 Å². The molecule has 2 N–H and O–H groups in total. The lowest BCUT2D eigenvalue weighted by Crippen LogP contribution is -2.27. The third-order valence-corrected chi connectivity index (χ3v) is 7.03. The fourth-order valence-corrected chi connectivity index (χ4v) is 5.05. The summed E-state index contributed by atoms with van der Waals surface area (Å²) in [5, 5.41) is 14.4. The van der Waals surface area contributed by atoms with Crippen LogP contribution in [0.4, 0.5) is 5.13 Å². The molecule has 0 radical (unpaired) electrons. The maximum Gasteiger partial charge on any atom is 0.286 e. The number of nitrogens with one attached hydrogen (secondary N) is 2. The van der Waals surface area contributed by atoms with Gasteiger partial charge in [-0.2, -0.15) is 0 Å². The summed E-state index contributed by atoms with van der Waals surface area (Å²) in [4.78, 5) is 28.7. The number of fused-ring (bicyclic) bond motifs is 1. The van der Waals surface area contributed by atoms with Gasteiger partial charge in [0.1, 0.15) is 0 Å². The van der Waals surface area contributed by atoms with Gasteiger partial charge < -0.3 is 5.32 Å². The molecule has 4 aromatic rings. The highest BCUT2D eigenvalue weighted by Crippen LogP contribution is 2.27. The minimum Gasteiger partial charge on any atom is -0.355 e. The van der Waals surface area contributed by atoms with E-state index < -0.39 is 0 Å². The molecule has 0 aliphatic heterocycles. The number of benzene rings is 2. The van der Waals surface area contributed by atoms with Crippen molar-refractivity contribution in [3.63, 3.8) is 0 Å². The second-order valence-corrected chi connectivity index (χ2v) is 9.42. The van der Waals surface area contributed by atoms with Crippen LogP contribution in [0.1, 0.15) is 15.4 Å². The molecule has 0 saturated heterocycles. The van der Waals surface area contributed by atoms with Crippen LogP contribution in [0.15, 0.2) is 58.9 Å². The van der Waals surface area contributed by atoms with Gasteiger partial charge in [0.05, 0.1) is 16.0 Å². The van der Waals surface area contributed by atoms with Crippen LogP contribution in [0, 0.1) is 0 Å². The van der Waals surface area contributed by atoms with Crippen molar-refractivity contribution in [2.75, 3.05) is 17.6 Å². The third kappa shape index (κ3) is 5.41. The number of amides is 2. The summed E-state index contributed by atoms with van der Waals surface area (Å²) >= 11 is 3.85. The van der Waals surface area contributed by atoms with Gasteiger partial charge in [-0.1, -0.05) is 65.6 Å². The summed E-state index contributed by atoms with van der Waals surface area (Å²) in [6.45, 7) is 0.586. The van der Waals surface area contributed by atoms with Crippen LogP contribution < -0.4 is 10.6 Å². The molecule has 0 aliphatic carbocycles. The van der Waals surface area contributed by atoms with Crippen LogP contribution in [-0.4, -0.2) is 39.3 Å². The molecule has 4 rings (SSSR count). The van der Waals surface area contributed by atoms with Gasteiger partial charge in [-0.15, -0.1) is 21.5 Å². The van der Waals surface area contributed by atoms with Gasteiger partial charge in [-0.05, 0) is 24.1 Å². The first-order valence-electron chi connectivity index (χ1n) is 9.11. The number of thioether (sulfide) groups is 1. The molecule has 0 aliphatic rings. The Hall–Kier alpha value is -2.82. The number of thiazole rings is 1. The van der Waals surface area contributed by atoms with Crippen LogP contribution in [-0.2, 0) is 11.2 Å². The van der Waals surface area contributed by atoms with Crippen molar-refractivity contribution in [3.8, 4) is 0 Å². The molecule has 7 nitrogen and oxygen atoms in total. The Kier molecular flexibility index (Phi) is 6.67. The van der Waals surface area contributed by atoms with Gasteiger partial charge in [0, 0.05) is 6.54 Å². The minimum absolute atomic E-state index is 0.0637. The molecule has 0 spiro atoms. The molecule has 152 valence electrons. The lowest BCUT2D eigenvalue weighted by atomic mass is 10.1. The Morgan fingerprint density at radius 1 is 0.967 bits per heavy atom. The zero-order chi connectivity index (χ0) is 20.8. The molecule has 0 atom stereocenters. The van der Waals surface area contributed by atoms with Crippen LogP contribution in [0.3, 0.4) is 0 Å². The summed E-state index contributed by atoms with van der Waals surface area (Å²) in [5.41, 5.74) is 1.97. The van der Waals surface area contributed by atoms with Gasteiger partial charge >= 0.3 is 0 Å². The normalized spacial score (nSPS) is 10.8. The largest absolute Gasteiger partial charge is 0.355 e. The zero-order valence-electron chi connectivity index (χ0n) is 15.7. The molecule has 2 heterocycles. The summed E-state index contributed by atoms with van der Waals surface area (Å²) in [7, 11) is 0. The number of para-hydroxylation sites is 1. The van der Waals surface area contributed by atoms with E-state index in [0.29, 0.717) is 21.0 Å². The second-order valence-electron chi connectivity index (χ2n) is 6.19. The van der Waals surface area contributed by atoms with Crippen molar-refractivity contribution in [3.05, 3.63) is 65.2 Å². The predicted octanol–water partition coefficient (Wildman–Crippen LogP) is 3.85. The van der Waals surface area contributed by atoms with Crippen LogP contribution in [0.5, 0.6) is 0 Å². The lowest BCUT2D eigenvalue weighted by Gasteiger charge is -2.04. The first-order chi connectivity index (χ1) is 14.7. The van der Waals surface area contributed by atoms with Gasteiger partial charge in [-0.25, -0.2) is 4.98 Å². The van der Waals surface area contributed by atoms with Gasteiger partial charge in [0.25, 0.3) is 5.91 Å². The van der Waals surface area contributed by atoms with Crippen LogP contribution in [0.25, 0.3) is 10.2 Å². The molecule has 10 heteroatoms. The highest BCUT2D eigenvalue weighted by Gasteiger charge is 2.15. The Labute approximate surface area is 185 Å². The van der Waals surface area contributed by atoms with Crippen molar-refractivity contribution in [2.24, 2.45) is 0 Å². The van der Waals surface area contributed by atoms with E-state index in [4.69, 9.17) is 0 Å². The van der Waals surface area contributed by atoms with Gasteiger partial charge in [0.2, 0.25) is 11.0 Å². The van der Waals surface area contributed by atoms with Crippen LogP contribution in [0.2, 0.25) is 0 Å². The van der Waals surface area contributed by atoms with Gasteiger partial charge in [-0.3, -0.25) is 14.9 Å². The van der Waals surface area contributed by atoms with E-state index in [9.17, 15) is 9.59 Å². The Morgan fingerprint density at radius 3 is 2.60 bits per heavy atom. The summed E-state index contributed by atoms with van der Waals surface area (Å²) in [5.74, 6) is -0.136. The maximum absolute atomic E-state index is 12.4. The number of carbonyl (C=O) groups excluding carboxylic acids is 2. The number of nitrogens with zero attached hydrogens (tertiary/aromatic N) is 3. The number of carbonyl (C=O) groups is 2. The number of aromatic nitrogens is 3. The Bertz CT molecular complexity index is 1130. The third-order valence-electron chi connectivity index (χ3n) is 4.02. The lowest BCUT2D eigenvalue weighted by molar-refractivity contribution is -0.118. The zero-order valence-corrected chi connectivity index (χ0v) is 18.1. The molecule has 2 amide bonds. The molecule has 0 fully saturated rings. The average Bonchev–Trinajstić information content (AvgIpc) is 3.40. The van der Waals surface area contributed by atoms with E-state index >= 15 is 0 Å². The fourth-order valence-electron chi connectivity index (χ4n) is 2.61. The molecule has 0 saturated carbocycles. The summed E-state index contributed by atoms with van der Waals surface area (Å²) in [6.07, 6.45) is 0.790. The highest BCUT2D eigenvalue weighted by molar-refractivity contribution is 8.01. The van der Waals surface area contributed by atoms with Crippen molar-refractivity contribution < 1.29 is 9.59 Å². The molecular weight excluding hydrogens is 438 g/mol. The molecule has 0 unspecified atom stereocenters. The highest BCUT2D eigenvalue weighted by atomic mass is 32.2. The SMILES string of the molecule is O=C(CSc1nnc(NC(=O)c2nc3ccccc3s2)s1)NCCc1ccccc1. The van der Waals surface area contributed by atoms with E-state index in [-0.39, 0.29) is 17.6 Å². The van der Waals surface area contributed by atoms with Gasteiger partial charge in [0.15, 0.2) is 9.35 Å². The van der Waals surface area contributed by atoms with E-state index in [1.165, 1.54) is 40.0 Å². The smallest absolute Gasteiger partial charge is 0.286 e. The fraction of sp³-hybridized carbons (Fsp3) is 0.150. The van der Waals surface area contributed by atoms with Crippen molar-refractivity contribution in [1.29, 1.82) is 0 Å². The number of hydrogen-bond donors (Lipinski definition) is 2. The molecule has 0 bridgehead atoms. The predicted molar refractivity (Wildman–Crippen MR) is 121 cm³/mol. The standard InChI is InChI=1S/C20H17N5O2S3/c26-16(21-11-10-13-6-2-1-3-7-13)12-28-20-25-24-19(30-20)23-17(27)18-22-14-8-4-5-9-15(14)29-18/h1-9H,10-12H2,(H,21,26)(H,23,24,27). The van der Waals surface area contributed by atoms with Crippen LogP contribution >= 0.6 is 34.4 Å². The van der Waals surface area contributed by atoms with E-state index in [0.717, 1.165) is 16.6 Å².